The number of carbonyl (C=O) groups excluding carboxylic acids is 2. The number of nitrogens with zero attached hydrogens (tertiary/aromatic N) is 3. The lowest BCUT2D eigenvalue weighted by Gasteiger charge is -2.37. The molecule has 1 atom stereocenters. The number of amides is 2. The van der Waals surface area contributed by atoms with Gasteiger partial charge >= 0.3 is 0 Å². The van der Waals surface area contributed by atoms with Crippen LogP contribution in [0, 0.1) is 13.8 Å². The molecule has 2 rings (SSSR count). The van der Waals surface area contributed by atoms with E-state index in [0.29, 0.717) is 24.7 Å². The van der Waals surface area contributed by atoms with E-state index >= 15 is 0 Å². The van der Waals surface area contributed by atoms with E-state index in [1.807, 2.05) is 32.4 Å². The first-order valence-electron chi connectivity index (χ1n) is 8.81. The highest BCUT2D eigenvalue weighted by Gasteiger charge is 2.32. The van der Waals surface area contributed by atoms with E-state index in [9.17, 15) is 9.59 Å². The van der Waals surface area contributed by atoms with E-state index in [4.69, 9.17) is 11.6 Å². The second-order valence-corrected chi connectivity index (χ2v) is 7.13. The molecule has 0 unspecified atom stereocenters. The summed E-state index contributed by atoms with van der Waals surface area (Å²) in [5, 5.41) is 10.8. The minimum absolute atomic E-state index is 0.0626. The minimum atomic E-state index is -0.386. The number of piperazine rings is 1. The summed E-state index contributed by atoms with van der Waals surface area (Å²) in [5.74, 6) is -0.161. The summed E-state index contributed by atoms with van der Waals surface area (Å²) in [4.78, 5) is 26.4. The number of carbonyl (C=O) groups is 2. The molecule has 2 N–H and O–H groups in total. The highest BCUT2D eigenvalue weighted by atomic mass is 35.5. The monoisotopic (exact) mass is 369 g/mol. The Kier molecular flexibility index (Phi) is 6.84. The molecule has 0 saturated carbocycles. The number of hydrogen-bond acceptors (Lipinski definition) is 4. The molecule has 1 saturated heterocycles. The van der Waals surface area contributed by atoms with Crippen molar-refractivity contribution in [3.05, 3.63) is 16.4 Å². The van der Waals surface area contributed by atoms with Gasteiger partial charge in [0.2, 0.25) is 11.8 Å². The second kappa shape index (κ2) is 8.67. The van der Waals surface area contributed by atoms with Crippen molar-refractivity contribution < 1.29 is 9.59 Å². The van der Waals surface area contributed by atoms with E-state index in [2.05, 4.69) is 20.6 Å². The SMILES string of the molecule is Cc1nn(CCCNC(=O)C[C@H]2C(=O)NCCN2C(C)C)c(C)c1Cl. The third-order valence-corrected chi connectivity index (χ3v) is 5.12. The normalized spacial score (nSPS) is 18.5. The fraction of sp³-hybridized carbons (Fsp3) is 0.706. The van der Waals surface area contributed by atoms with Crippen molar-refractivity contribution in [2.24, 2.45) is 0 Å². The maximum absolute atomic E-state index is 12.2. The van der Waals surface area contributed by atoms with E-state index in [-0.39, 0.29) is 30.3 Å². The molecule has 1 aromatic rings. The Morgan fingerprint density at radius 3 is 2.76 bits per heavy atom. The first-order valence-corrected chi connectivity index (χ1v) is 9.18. The molecule has 0 radical (unpaired) electrons. The van der Waals surface area contributed by atoms with Gasteiger partial charge in [-0.05, 0) is 34.1 Å². The highest BCUT2D eigenvalue weighted by molar-refractivity contribution is 6.31. The van der Waals surface area contributed by atoms with E-state index < -0.39 is 0 Å². The molecule has 2 heterocycles. The van der Waals surface area contributed by atoms with Gasteiger partial charge in [-0.1, -0.05) is 11.6 Å². The van der Waals surface area contributed by atoms with Crippen LogP contribution in [0.5, 0.6) is 0 Å². The van der Waals surface area contributed by atoms with Crippen molar-refractivity contribution in [1.29, 1.82) is 0 Å². The molecule has 1 aliphatic heterocycles. The predicted octanol–water partition coefficient (Wildman–Crippen LogP) is 1.26. The molecule has 7 nitrogen and oxygen atoms in total. The van der Waals surface area contributed by atoms with Crippen LogP contribution in [0.15, 0.2) is 0 Å². The summed E-state index contributed by atoms with van der Waals surface area (Å²) in [6, 6.07) is -0.150. The van der Waals surface area contributed by atoms with Gasteiger partial charge < -0.3 is 10.6 Å². The van der Waals surface area contributed by atoms with Gasteiger partial charge in [0.05, 0.1) is 28.9 Å². The zero-order chi connectivity index (χ0) is 18.6. The summed E-state index contributed by atoms with van der Waals surface area (Å²) >= 11 is 6.13. The molecule has 1 fully saturated rings. The van der Waals surface area contributed by atoms with Crippen LogP contribution >= 0.6 is 11.6 Å². The molecule has 2 amide bonds. The second-order valence-electron chi connectivity index (χ2n) is 6.75. The summed E-state index contributed by atoms with van der Waals surface area (Å²) in [6.45, 7) is 10.6. The van der Waals surface area contributed by atoms with Crippen molar-refractivity contribution in [1.82, 2.24) is 25.3 Å². The third kappa shape index (κ3) is 4.95. The Balaban J connectivity index is 1.78. The van der Waals surface area contributed by atoms with Gasteiger partial charge in [0.15, 0.2) is 0 Å². The standard InChI is InChI=1S/C17H28ClN5O2/c1-11(2)22-9-7-20-17(25)14(22)10-15(24)19-6-5-8-23-13(4)16(18)12(3)21-23/h11,14H,5-10H2,1-4H3,(H,19,24)(H,20,25)/t14-/m0/s1. The van der Waals surface area contributed by atoms with Crippen LogP contribution in [-0.4, -0.2) is 58.2 Å². The molecule has 140 valence electrons. The Hall–Kier alpha value is -1.60. The molecular formula is C17H28ClN5O2. The van der Waals surface area contributed by atoms with Gasteiger partial charge in [0, 0.05) is 32.2 Å². The molecule has 1 aliphatic rings. The smallest absolute Gasteiger partial charge is 0.237 e. The lowest BCUT2D eigenvalue weighted by Crippen LogP contribution is -2.58. The van der Waals surface area contributed by atoms with Gasteiger partial charge in [-0.25, -0.2) is 0 Å². The summed E-state index contributed by atoms with van der Waals surface area (Å²) in [7, 11) is 0. The van der Waals surface area contributed by atoms with Crippen molar-refractivity contribution in [2.75, 3.05) is 19.6 Å². The minimum Gasteiger partial charge on any atom is -0.356 e. The Morgan fingerprint density at radius 2 is 2.16 bits per heavy atom. The lowest BCUT2D eigenvalue weighted by molar-refractivity contribution is -0.134. The lowest BCUT2D eigenvalue weighted by atomic mass is 10.1. The van der Waals surface area contributed by atoms with Crippen LogP contribution in [0.25, 0.3) is 0 Å². The maximum atomic E-state index is 12.2. The molecule has 0 aliphatic carbocycles. The number of nitrogens with one attached hydrogen (secondary N) is 2. The van der Waals surface area contributed by atoms with Gasteiger partial charge in [-0.2, -0.15) is 5.10 Å². The number of aryl methyl sites for hydroxylation is 2. The Labute approximate surface area is 154 Å². The average Bonchev–Trinajstić information content (AvgIpc) is 2.80. The van der Waals surface area contributed by atoms with Crippen LogP contribution in [-0.2, 0) is 16.1 Å². The number of halogens is 1. The Morgan fingerprint density at radius 1 is 1.44 bits per heavy atom. The van der Waals surface area contributed by atoms with Crippen LogP contribution in [0.3, 0.4) is 0 Å². The number of rotatable bonds is 7. The zero-order valence-corrected chi connectivity index (χ0v) is 16.2. The van der Waals surface area contributed by atoms with E-state index in [1.54, 1.807) is 0 Å². The van der Waals surface area contributed by atoms with Crippen LogP contribution in [0.2, 0.25) is 5.02 Å². The number of aromatic nitrogens is 2. The molecule has 0 bridgehead atoms. The molecule has 0 spiro atoms. The fourth-order valence-electron chi connectivity index (χ4n) is 3.16. The molecule has 25 heavy (non-hydrogen) atoms. The van der Waals surface area contributed by atoms with Gasteiger partial charge in [0.25, 0.3) is 0 Å². The quantitative estimate of drug-likeness (QED) is 0.709. The van der Waals surface area contributed by atoms with Gasteiger partial charge in [-0.15, -0.1) is 0 Å². The van der Waals surface area contributed by atoms with Gasteiger partial charge in [0.1, 0.15) is 0 Å². The van der Waals surface area contributed by atoms with E-state index in [0.717, 1.165) is 24.4 Å². The molecule has 8 heteroatoms. The summed E-state index contributed by atoms with van der Waals surface area (Å²) in [5.41, 5.74) is 1.76. The first-order chi connectivity index (χ1) is 11.8. The first kappa shape index (κ1) is 19.7. The van der Waals surface area contributed by atoms with Crippen molar-refractivity contribution in [3.63, 3.8) is 0 Å². The molecule has 0 aromatic carbocycles. The fourth-order valence-corrected chi connectivity index (χ4v) is 3.29. The van der Waals surface area contributed by atoms with Crippen molar-refractivity contribution in [3.8, 4) is 0 Å². The summed E-state index contributed by atoms with van der Waals surface area (Å²) in [6.07, 6.45) is 0.949. The predicted molar refractivity (Wildman–Crippen MR) is 97.6 cm³/mol. The van der Waals surface area contributed by atoms with Crippen LogP contribution < -0.4 is 10.6 Å². The van der Waals surface area contributed by atoms with Crippen molar-refractivity contribution in [2.45, 2.75) is 59.2 Å². The third-order valence-electron chi connectivity index (χ3n) is 4.58. The zero-order valence-electron chi connectivity index (χ0n) is 15.4. The van der Waals surface area contributed by atoms with Crippen LogP contribution in [0.1, 0.15) is 38.1 Å². The maximum Gasteiger partial charge on any atom is 0.237 e. The van der Waals surface area contributed by atoms with Crippen molar-refractivity contribution >= 4 is 23.4 Å². The molecule has 1 aromatic heterocycles. The topological polar surface area (TPSA) is 79.3 Å². The number of hydrogen-bond donors (Lipinski definition) is 2. The van der Waals surface area contributed by atoms with Gasteiger partial charge in [-0.3, -0.25) is 19.2 Å². The average molecular weight is 370 g/mol. The highest BCUT2D eigenvalue weighted by Crippen LogP contribution is 2.18. The van der Waals surface area contributed by atoms with E-state index in [1.165, 1.54) is 0 Å². The largest absolute Gasteiger partial charge is 0.356 e. The molecular weight excluding hydrogens is 342 g/mol. The van der Waals surface area contributed by atoms with Crippen LogP contribution in [0.4, 0.5) is 0 Å². The Bertz CT molecular complexity index is 629. The summed E-state index contributed by atoms with van der Waals surface area (Å²) < 4.78 is 1.86.